The number of hydrogen-bond acceptors (Lipinski definition) is 6. The van der Waals surface area contributed by atoms with Gasteiger partial charge in [-0.2, -0.15) is 0 Å². The molecule has 0 radical (unpaired) electrons. The quantitative estimate of drug-likeness (QED) is 0.664. The third-order valence-corrected chi connectivity index (χ3v) is 7.80. The summed E-state index contributed by atoms with van der Waals surface area (Å²) in [6, 6.07) is 7.95. The van der Waals surface area contributed by atoms with Crippen LogP contribution in [0.25, 0.3) is 0 Å². The lowest BCUT2D eigenvalue weighted by atomic mass is 9.99. The molecule has 0 spiro atoms. The molecule has 2 aromatic rings. The number of hydrogen-bond donors (Lipinski definition) is 2. The first kappa shape index (κ1) is 22.6. The molecular weight excluding hydrogens is 464 g/mol. The molecule has 1 atom stereocenters. The van der Waals surface area contributed by atoms with Crippen molar-refractivity contribution in [3.8, 4) is 0 Å². The van der Waals surface area contributed by atoms with Crippen LogP contribution in [0, 0.1) is 0 Å². The molecule has 35 heavy (non-hydrogen) atoms. The maximum atomic E-state index is 12.6. The van der Waals surface area contributed by atoms with E-state index in [0.29, 0.717) is 16.6 Å². The van der Waals surface area contributed by atoms with Crippen LogP contribution in [0.3, 0.4) is 0 Å². The maximum Gasteiger partial charge on any atom is 0.251 e. The van der Waals surface area contributed by atoms with Gasteiger partial charge in [0.15, 0.2) is 5.82 Å². The molecular formula is C26H31ClN6O2. The molecule has 6 rings (SSSR count). The summed E-state index contributed by atoms with van der Waals surface area (Å²) in [5.74, 6) is 0.959. The summed E-state index contributed by atoms with van der Waals surface area (Å²) in [6.45, 7) is 5.21. The highest BCUT2D eigenvalue weighted by molar-refractivity contribution is 6.33. The van der Waals surface area contributed by atoms with E-state index in [1.165, 1.54) is 0 Å². The lowest BCUT2D eigenvalue weighted by Crippen LogP contribution is -2.51. The Morgan fingerprint density at radius 1 is 1.09 bits per heavy atom. The molecule has 0 unspecified atom stereocenters. The second-order valence-corrected chi connectivity index (χ2v) is 10.5. The van der Waals surface area contributed by atoms with Crippen molar-refractivity contribution in [2.45, 2.75) is 50.7 Å². The van der Waals surface area contributed by atoms with Crippen LogP contribution in [0.15, 0.2) is 30.5 Å². The van der Waals surface area contributed by atoms with Gasteiger partial charge in [0, 0.05) is 57.1 Å². The zero-order valence-corrected chi connectivity index (χ0v) is 20.6. The number of anilines is 3. The smallest absolute Gasteiger partial charge is 0.251 e. The highest BCUT2D eigenvalue weighted by Gasteiger charge is 2.35. The van der Waals surface area contributed by atoms with Crippen molar-refractivity contribution in [3.05, 3.63) is 46.6 Å². The van der Waals surface area contributed by atoms with Crippen LogP contribution >= 0.6 is 11.6 Å². The van der Waals surface area contributed by atoms with Gasteiger partial charge in [0.1, 0.15) is 6.04 Å². The Morgan fingerprint density at radius 3 is 2.69 bits per heavy atom. The maximum absolute atomic E-state index is 12.6. The fraction of sp³-hybridized carbons (Fsp3) is 0.500. The van der Waals surface area contributed by atoms with Crippen LogP contribution in [0.5, 0.6) is 0 Å². The first-order valence-electron chi connectivity index (χ1n) is 12.7. The topological polar surface area (TPSA) is 80.8 Å². The van der Waals surface area contributed by atoms with E-state index in [1.54, 1.807) is 6.07 Å². The lowest BCUT2D eigenvalue weighted by molar-refractivity contribution is -0.118. The number of halogens is 1. The molecule has 2 saturated heterocycles. The molecule has 4 aliphatic rings. The number of nitrogens with zero attached hydrogens (tertiary/aromatic N) is 4. The third kappa shape index (κ3) is 4.69. The van der Waals surface area contributed by atoms with Crippen LogP contribution in [0.2, 0.25) is 5.02 Å². The van der Waals surface area contributed by atoms with E-state index >= 15 is 0 Å². The fourth-order valence-corrected chi connectivity index (χ4v) is 5.69. The molecule has 1 aromatic heterocycles. The largest absolute Gasteiger partial charge is 0.368 e. The number of benzene rings is 1. The van der Waals surface area contributed by atoms with Crippen molar-refractivity contribution in [1.29, 1.82) is 0 Å². The minimum atomic E-state index is -0.0730. The van der Waals surface area contributed by atoms with Crippen LogP contribution in [0.4, 0.5) is 17.2 Å². The van der Waals surface area contributed by atoms with Gasteiger partial charge in [-0.05, 0) is 61.9 Å². The molecule has 2 amide bonds. The van der Waals surface area contributed by atoms with Gasteiger partial charge in [0.2, 0.25) is 5.91 Å². The van der Waals surface area contributed by atoms with E-state index in [4.69, 9.17) is 16.6 Å². The van der Waals surface area contributed by atoms with Gasteiger partial charge in [-0.25, -0.2) is 4.98 Å². The van der Waals surface area contributed by atoms with Crippen molar-refractivity contribution < 1.29 is 9.59 Å². The summed E-state index contributed by atoms with van der Waals surface area (Å²) in [7, 11) is 0. The average molecular weight is 495 g/mol. The van der Waals surface area contributed by atoms with E-state index in [1.807, 2.05) is 18.3 Å². The minimum absolute atomic E-state index is 0.0450. The number of amides is 2. The summed E-state index contributed by atoms with van der Waals surface area (Å²) >= 11 is 6.57. The molecule has 1 aliphatic carbocycles. The number of piperazine rings is 1. The van der Waals surface area contributed by atoms with Crippen molar-refractivity contribution in [2.75, 3.05) is 47.8 Å². The van der Waals surface area contributed by atoms with Gasteiger partial charge in [0.05, 0.1) is 16.4 Å². The standard InChI is InChI=1S/C26H31ClN6O2/c27-20-14-18(25(34)29-19-5-6-19)4-7-22(20)32-11-9-31(10-12-32)16-17-13-21-24(28-15-17)33-8-2-1-3-23(33)26(35)30-21/h4,7,13-15,19,23H,1-3,5-6,8-12,16H2,(H,29,34)(H,30,35)/t23-/m0/s1. The number of pyridine rings is 1. The van der Waals surface area contributed by atoms with Gasteiger partial charge in [-0.1, -0.05) is 11.6 Å². The second-order valence-electron chi connectivity index (χ2n) is 10.1. The second kappa shape index (κ2) is 9.32. The Balaban J connectivity index is 1.07. The Bertz CT molecular complexity index is 1140. The van der Waals surface area contributed by atoms with E-state index < -0.39 is 0 Å². The SMILES string of the molecule is O=C(NC1CC1)c1ccc(N2CCN(Cc3cnc4c(c3)NC(=O)[C@@H]3CCCCN43)CC2)c(Cl)c1. The minimum Gasteiger partial charge on any atom is -0.368 e. The van der Waals surface area contributed by atoms with E-state index in [-0.39, 0.29) is 17.9 Å². The summed E-state index contributed by atoms with van der Waals surface area (Å²) in [5.41, 5.74) is 3.54. The van der Waals surface area contributed by atoms with Crippen LogP contribution in [0.1, 0.15) is 48.0 Å². The predicted octanol–water partition coefficient (Wildman–Crippen LogP) is 3.26. The zero-order valence-electron chi connectivity index (χ0n) is 19.8. The van der Waals surface area contributed by atoms with Crippen LogP contribution in [-0.4, -0.2) is 66.5 Å². The number of piperidine rings is 1. The zero-order chi connectivity index (χ0) is 23.9. The third-order valence-electron chi connectivity index (χ3n) is 7.50. The monoisotopic (exact) mass is 494 g/mol. The molecule has 1 aromatic carbocycles. The first-order valence-corrected chi connectivity index (χ1v) is 13.1. The van der Waals surface area contributed by atoms with Crippen LogP contribution < -0.4 is 20.4 Å². The molecule has 4 heterocycles. The Morgan fingerprint density at radius 2 is 1.91 bits per heavy atom. The highest BCUT2D eigenvalue weighted by Crippen LogP contribution is 2.35. The fourth-order valence-electron chi connectivity index (χ4n) is 5.39. The van der Waals surface area contributed by atoms with Gasteiger partial charge >= 0.3 is 0 Å². The molecule has 8 nitrogen and oxygen atoms in total. The first-order chi connectivity index (χ1) is 17.0. The molecule has 9 heteroatoms. The molecule has 3 aliphatic heterocycles. The van der Waals surface area contributed by atoms with Crippen molar-refractivity contribution in [1.82, 2.24) is 15.2 Å². The highest BCUT2D eigenvalue weighted by atomic mass is 35.5. The summed E-state index contributed by atoms with van der Waals surface area (Å²) in [5, 5.41) is 6.71. The molecule has 0 bridgehead atoms. The Labute approximate surface area is 210 Å². The van der Waals surface area contributed by atoms with Gasteiger partial charge in [-0.3, -0.25) is 14.5 Å². The van der Waals surface area contributed by atoms with Gasteiger partial charge < -0.3 is 20.4 Å². The number of carbonyl (C=O) groups excluding carboxylic acids is 2. The van der Waals surface area contributed by atoms with Gasteiger partial charge in [-0.15, -0.1) is 0 Å². The summed E-state index contributed by atoms with van der Waals surface area (Å²) in [6.07, 6.45) is 7.19. The molecule has 1 saturated carbocycles. The number of carbonyl (C=O) groups is 2. The van der Waals surface area contributed by atoms with E-state index in [2.05, 4.69) is 31.4 Å². The molecule has 184 valence electrons. The van der Waals surface area contributed by atoms with E-state index in [0.717, 1.165) is 94.1 Å². The number of rotatable bonds is 5. The number of fused-ring (bicyclic) bond motifs is 3. The Kier molecular flexibility index (Phi) is 6.02. The van der Waals surface area contributed by atoms with Crippen LogP contribution in [-0.2, 0) is 11.3 Å². The normalized spacial score (nSPS) is 22.3. The number of aromatic nitrogens is 1. The predicted molar refractivity (Wildman–Crippen MR) is 137 cm³/mol. The van der Waals surface area contributed by atoms with Crippen molar-refractivity contribution in [2.24, 2.45) is 0 Å². The summed E-state index contributed by atoms with van der Waals surface area (Å²) in [4.78, 5) is 36.5. The van der Waals surface area contributed by atoms with E-state index in [9.17, 15) is 9.59 Å². The van der Waals surface area contributed by atoms with Crippen molar-refractivity contribution >= 4 is 40.6 Å². The van der Waals surface area contributed by atoms with Gasteiger partial charge in [0.25, 0.3) is 5.91 Å². The Hall–Kier alpha value is -2.84. The molecule has 2 N–H and O–H groups in total. The average Bonchev–Trinajstić information content (AvgIpc) is 3.69. The summed E-state index contributed by atoms with van der Waals surface area (Å²) < 4.78 is 0. The molecule has 3 fully saturated rings. The van der Waals surface area contributed by atoms with Crippen molar-refractivity contribution in [3.63, 3.8) is 0 Å². The number of nitrogens with one attached hydrogen (secondary N) is 2. The lowest BCUT2D eigenvalue weighted by Gasteiger charge is -2.40.